The van der Waals surface area contributed by atoms with Crippen LogP contribution in [0.3, 0.4) is 0 Å². The molecular formula is C20H18ClN3O5. The van der Waals surface area contributed by atoms with E-state index < -0.39 is 29.9 Å². The molecule has 150 valence electrons. The molecule has 0 saturated carbocycles. The molecule has 1 aromatic heterocycles. The fourth-order valence-corrected chi connectivity index (χ4v) is 3.03. The summed E-state index contributed by atoms with van der Waals surface area (Å²) in [6.45, 7) is -0.139. The van der Waals surface area contributed by atoms with Crippen LogP contribution in [0.15, 0.2) is 53.9 Å². The number of aromatic nitrogens is 1. The number of nitrogens with zero attached hydrogens (tertiary/aromatic N) is 2. The lowest BCUT2D eigenvalue weighted by atomic mass is 10.0. The van der Waals surface area contributed by atoms with Crippen LogP contribution < -0.4 is 5.32 Å². The fourth-order valence-electron chi connectivity index (χ4n) is 2.92. The Labute approximate surface area is 171 Å². The van der Waals surface area contributed by atoms with Gasteiger partial charge in [-0.15, -0.1) is 0 Å². The second-order valence-corrected chi connectivity index (χ2v) is 6.87. The first kappa shape index (κ1) is 20.3. The van der Waals surface area contributed by atoms with Crippen molar-refractivity contribution in [2.75, 3.05) is 13.1 Å². The quantitative estimate of drug-likeness (QED) is 0.622. The Kier molecular flexibility index (Phi) is 6.13. The van der Waals surface area contributed by atoms with E-state index in [1.165, 1.54) is 4.90 Å². The molecule has 0 atom stereocenters. The van der Waals surface area contributed by atoms with Crippen LogP contribution >= 0.6 is 11.6 Å². The van der Waals surface area contributed by atoms with Crippen LogP contribution in [0.2, 0.25) is 5.02 Å². The summed E-state index contributed by atoms with van der Waals surface area (Å²) < 4.78 is 0. The molecular weight excluding hydrogens is 398 g/mol. The minimum atomic E-state index is -1.24. The number of nitrogens with one attached hydrogen (secondary N) is 1. The predicted molar refractivity (Wildman–Crippen MR) is 105 cm³/mol. The highest BCUT2D eigenvalue weighted by atomic mass is 35.5. The number of hydrogen-bond donors (Lipinski definition) is 3. The van der Waals surface area contributed by atoms with E-state index in [1.54, 1.807) is 18.3 Å². The van der Waals surface area contributed by atoms with E-state index in [4.69, 9.17) is 16.7 Å². The van der Waals surface area contributed by atoms with Gasteiger partial charge in [-0.05, 0) is 17.7 Å². The molecule has 0 unspecified atom stereocenters. The van der Waals surface area contributed by atoms with Gasteiger partial charge < -0.3 is 20.4 Å². The zero-order chi connectivity index (χ0) is 21.0. The molecule has 0 spiro atoms. The Balaban J connectivity index is 1.70. The lowest BCUT2D eigenvalue weighted by Gasteiger charge is -2.28. The number of pyridine rings is 1. The van der Waals surface area contributed by atoms with Crippen LogP contribution in [-0.4, -0.2) is 51.0 Å². The maximum Gasteiger partial charge on any atom is 0.322 e. The van der Waals surface area contributed by atoms with Crippen LogP contribution in [0.25, 0.3) is 11.3 Å². The highest BCUT2D eigenvalue weighted by molar-refractivity contribution is 6.30. The zero-order valence-electron chi connectivity index (χ0n) is 15.3. The van der Waals surface area contributed by atoms with Crippen LogP contribution in [0, 0.1) is 0 Å². The normalized spacial score (nSPS) is 14.1. The van der Waals surface area contributed by atoms with E-state index in [9.17, 15) is 19.5 Å². The van der Waals surface area contributed by atoms with Gasteiger partial charge in [-0.25, -0.2) is 0 Å². The lowest BCUT2D eigenvalue weighted by molar-refractivity contribution is -0.138. The minimum absolute atomic E-state index is 0.119. The number of aliphatic hydroxyl groups excluding tert-OH is 1. The number of aliphatic carboxylic acids is 1. The lowest BCUT2D eigenvalue weighted by Crippen LogP contribution is -2.43. The van der Waals surface area contributed by atoms with Crippen molar-refractivity contribution >= 4 is 29.4 Å². The Bertz CT molecular complexity index is 971. The van der Waals surface area contributed by atoms with Gasteiger partial charge in [-0.3, -0.25) is 19.4 Å². The van der Waals surface area contributed by atoms with Crippen molar-refractivity contribution in [3.63, 3.8) is 0 Å². The van der Waals surface area contributed by atoms with Gasteiger partial charge in [0, 0.05) is 31.3 Å². The number of hydrogen-bond acceptors (Lipinski definition) is 5. The maximum atomic E-state index is 12.6. The Morgan fingerprint density at radius 2 is 1.90 bits per heavy atom. The van der Waals surface area contributed by atoms with E-state index >= 15 is 0 Å². The third kappa shape index (κ3) is 4.91. The first-order chi connectivity index (χ1) is 13.8. The summed E-state index contributed by atoms with van der Waals surface area (Å²) in [5.41, 5.74) is 2.07. The Morgan fingerprint density at radius 3 is 2.52 bits per heavy atom. The van der Waals surface area contributed by atoms with Gasteiger partial charge in [0.2, 0.25) is 0 Å². The minimum Gasteiger partial charge on any atom is -0.511 e. The summed E-state index contributed by atoms with van der Waals surface area (Å²) in [6, 6.07) is 11.0. The third-order valence-corrected chi connectivity index (χ3v) is 4.61. The molecule has 3 N–H and O–H groups in total. The standard InChI is InChI=1S/C20H18ClN3O5/c21-14-5-6-15(22-9-14)13-3-1-12(2-4-13)11-24-8-7-16(25)18(20(24)29)19(28)23-10-17(26)27/h1-6,9,25H,7-8,10-11H2,(H,23,28)(H,26,27). The molecule has 1 aliphatic rings. The number of carbonyl (C=O) groups is 3. The average molecular weight is 416 g/mol. The molecule has 1 aromatic carbocycles. The first-order valence-corrected chi connectivity index (χ1v) is 9.15. The number of rotatable bonds is 6. The molecule has 29 heavy (non-hydrogen) atoms. The SMILES string of the molecule is O=C(O)CNC(=O)C1=C(O)CCN(Cc2ccc(-c3ccc(Cl)cn3)cc2)C1=O. The molecule has 0 saturated heterocycles. The molecule has 9 heteroatoms. The number of aliphatic hydroxyl groups is 1. The maximum absolute atomic E-state index is 12.6. The fraction of sp³-hybridized carbons (Fsp3) is 0.200. The van der Waals surface area contributed by atoms with E-state index in [0.717, 1.165) is 16.8 Å². The Morgan fingerprint density at radius 1 is 1.17 bits per heavy atom. The van der Waals surface area contributed by atoms with Gasteiger partial charge in [-0.2, -0.15) is 0 Å². The van der Waals surface area contributed by atoms with Crippen molar-refractivity contribution in [3.05, 3.63) is 64.5 Å². The zero-order valence-corrected chi connectivity index (χ0v) is 16.0. The number of halogens is 1. The smallest absolute Gasteiger partial charge is 0.322 e. The largest absolute Gasteiger partial charge is 0.511 e. The summed E-state index contributed by atoms with van der Waals surface area (Å²) in [5, 5.41) is 21.3. The van der Waals surface area contributed by atoms with Gasteiger partial charge in [0.25, 0.3) is 11.8 Å². The molecule has 3 rings (SSSR count). The number of carbonyl (C=O) groups excluding carboxylic acids is 2. The van der Waals surface area contributed by atoms with Gasteiger partial charge in [0.05, 0.1) is 10.7 Å². The molecule has 1 aliphatic heterocycles. The highest BCUT2D eigenvalue weighted by Gasteiger charge is 2.32. The van der Waals surface area contributed by atoms with Crippen molar-refractivity contribution in [1.29, 1.82) is 0 Å². The van der Waals surface area contributed by atoms with Crippen molar-refractivity contribution in [3.8, 4) is 11.3 Å². The summed E-state index contributed by atoms with van der Waals surface area (Å²) >= 11 is 5.85. The first-order valence-electron chi connectivity index (χ1n) is 8.77. The van der Waals surface area contributed by atoms with Crippen molar-refractivity contribution in [1.82, 2.24) is 15.2 Å². The molecule has 0 fully saturated rings. The third-order valence-electron chi connectivity index (χ3n) is 4.39. The molecule has 8 nitrogen and oxygen atoms in total. The average Bonchev–Trinajstić information content (AvgIpc) is 2.70. The van der Waals surface area contributed by atoms with Crippen LogP contribution in [0.1, 0.15) is 12.0 Å². The van der Waals surface area contributed by atoms with Crippen molar-refractivity contribution in [2.24, 2.45) is 0 Å². The second kappa shape index (κ2) is 8.74. The van der Waals surface area contributed by atoms with Crippen molar-refractivity contribution < 1.29 is 24.6 Å². The van der Waals surface area contributed by atoms with Gasteiger partial charge >= 0.3 is 5.97 Å². The van der Waals surface area contributed by atoms with Crippen LogP contribution in [-0.2, 0) is 20.9 Å². The van der Waals surface area contributed by atoms with E-state index in [0.29, 0.717) is 5.02 Å². The van der Waals surface area contributed by atoms with E-state index in [2.05, 4.69) is 10.3 Å². The van der Waals surface area contributed by atoms with Gasteiger partial charge in [-0.1, -0.05) is 35.9 Å². The second-order valence-electron chi connectivity index (χ2n) is 6.43. The molecule has 2 aromatic rings. The molecule has 0 aliphatic carbocycles. The topological polar surface area (TPSA) is 120 Å². The molecule has 0 bridgehead atoms. The molecule has 2 heterocycles. The Hall–Kier alpha value is -3.39. The number of benzene rings is 1. The van der Waals surface area contributed by atoms with Crippen LogP contribution in [0.5, 0.6) is 0 Å². The molecule has 0 radical (unpaired) electrons. The summed E-state index contributed by atoms with van der Waals surface area (Å²) in [4.78, 5) is 41.0. The number of amides is 2. The number of carboxylic acid groups (broad SMARTS) is 1. The highest BCUT2D eigenvalue weighted by Crippen LogP contribution is 2.22. The van der Waals surface area contributed by atoms with Crippen molar-refractivity contribution in [2.45, 2.75) is 13.0 Å². The summed E-state index contributed by atoms with van der Waals surface area (Å²) in [7, 11) is 0. The van der Waals surface area contributed by atoms with E-state index in [-0.39, 0.29) is 25.3 Å². The summed E-state index contributed by atoms with van der Waals surface area (Å²) in [6.07, 6.45) is 1.68. The number of carboxylic acids is 1. The monoisotopic (exact) mass is 415 g/mol. The van der Waals surface area contributed by atoms with Gasteiger partial charge in [0.15, 0.2) is 0 Å². The summed E-state index contributed by atoms with van der Waals surface area (Å²) in [5.74, 6) is -3.11. The van der Waals surface area contributed by atoms with E-state index in [1.807, 2.05) is 24.3 Å². The predicted octanol–water partition coefficient (Wildman–Crippen LogP) is 2.15. The van der Waals surface area contributed by atoms with Gasteiger partial charge in [0.1, 0.15) is 17.9 Å². The molecule has 2 amide bonds. The van der Waals surface area contributed by atoms with Crippen LogP contribution in [0.4, 0.5) is 0 Å².